The van der Waals surface area contributed by atoms with Gasteiger partial charge in [0.1, 0.15) is 5.69 Å². The maximum atomic E-state index is 11.0. The maximum Gasteiger partial charge on any atom is 0.494 e. The van der Waals surface area contributed by atoms with Gasteiger partial charge in [0.15, 0.2) is 11.3 Å². The lowest BCUT2D eigenvalue weighted by Gasteiger charge is -2.31. The first-order valence-corrected chi connectivity index (χ1v) is 5.30. The van der Waals surface area contributed by atoms with Crippen molar-refractivity contribution in [3.63, 3.8) is 0 Å². The Morgan fingerprint density at radius 1 is 1.33 bits per heavy atom. The molecule has 0 aliphatic rings. The Morgan fingerprint density at radius 3 is 2.33 bits per heavy atom. The van der Waals surface area contributed by atoms with E-state index in [1.807, 2.05) is 0 Å². The fraction of sp³-hybridized carbons (Fsp3) is 0.250. The molecule has 0 amide bonds. The van der Waals surface area contributed by atoms with Crippen LogP contribution in [-0.2, 0) is 11.3 Å². The van der Waals surface area contributed by atoms with Gasteiger partial charge in [-0.2, -0.15) is 0 Å². The monoisotopic (exact) mass is 229 g/mol. The molecule has 0 aliphatic heterocycles. The molecule has 0 bridgehead atoms. The lowest BCUT2D eigenvalue weighted by molar-refractivity contribution is 0.424. The third-order valence-corrected chi connectivity index (χ3v) is 3.11. The highest BCUT2D eigenvalue weighted by atomic mass is 32.2. The van der Waals surface area contributed by atoms with Crippen molar-refractivity contribution < 1.29 is 18.8 Å². The highest BCUT2D eigenvalue weighted by Gasteiger charge is 2.28. The van der Waals surface area contributed by atoms with Gasteiger partial charge in [-0.05, 0) is 6.07 Å². The van der Waals surface area contributed by atoms with E-state index in [-0.39, 0.29) is 5.46 Å². The first-order valence-electron chi connectivity index (χ1n) is 4.27. The van der Waals surface area contributed by atoms with Crippen molar-refractivity contribution in [3.8, 4) is 0 Å². The van der Waals surface area contributed by atoms with Crippen LogP contribution in [0.4, 0.5) is 5.69 Å². The Morgan fingerprint density at radius 2 is 1.87 bits per heavy atom. The lowest BCUT2D eigenvalue weighted by Crippen LogP contribution is -2.48. The summed E-state index contributed by atoms with van der Waals surface area (Å²) in [6, 6.07) is 6.29. The first kappa shape index (κ1) is 12.3. The van der Waals surface area contributed by atoms with Crippen LogP contribution in [0.2, 0.25) is 0 Å². The minimum atomic E-state index is -2.39. The Hall–Kier alpha value is -0.725. The van der Waals surface area contributed by atoms with E-state index in [9.17, 15) is 8.76 Å². The molecule has 1 aromatic carbocycles. The SMILES string of the molecule is C[N+](C)(c1ccccc1B(O)O)S(=O)[O-]. The molecule has 0 aromatic heterocycles. The van der Waals surface area contributed by atoms with E-state index in [1.165, 1.54) is 20.2 Å². The second kappa shape index (κ2) is 4.42. The van der Waals surface area contributed by atoms with Crippen molar-refractivity contribution in [3.05, 3.63) is 24.3 Å². The third-order valence-electron chi connectivity index (χ3n) is 2.17. The average Bonchev–Trinajstić information content (AvgIpc) is 2.17. The molecule has 0 saturated carbocycles. The molecule has 0 aliphatic carbocycles. The summed E-state index contributed by atoms with van der Waals surface area (Å²) in [7, 11) is 1.22. The number of quaternary nitrogens is 1. The highest BCUT2D eigenvalue weighted by molar-refractivity contribution is 7.78. The lowest BCUT2D eigenvalue weighted by atomic mass is 9.79. The molecule has 0 fully saturated rings. The molecular formula is C8H12BNO4S. The number of hydrogen-bond acceptors (Lipinski definition) is 4. The molecule has 0 radical (unpaired) electrons. The molecule has 0 spiro atoms. The maximum absolute atomic E-state index is 11.0. The number of hydrogen-bond donors (Lipinski definition) is 2. The van der Waals surface area contributed by atoms with Crippen LogP contribution in [-0.4, -0.2) is 40.0 Å². The summed E-state index contributed by atoms with van der Waals surface area (Å²) < 4.78 is 21.6. The molecule has 0 heterocycles. The average molecular weight is 229 g/mol. The van der Waals surface area contributed by atoms with Crippen molar-refractivity contribution in [1.82, 2.24) is 3.89 Å². The summed E-state index contributed by atoms with van der Waals surface area (Å²) in [6.45, 7) is 0. The van der Waals surface area contributed by atoms with E-state index in [2.05, 4.69) is 0 Å². The predicted molar refractivity (Wildman–Crippen MR) is 58.8 cm³/mol. The van der Waals surface area contributed by atoms with Crippen LogP contribution in [0.1, 0.15) is 0 Å². The van der Waals surface area contributed by atoms with Crippen LogP contribution in [0.15, 0.2) is 24.3 Å². The summed E-state index contributed by atoms with van der Waals surface area (Å²) in [6.07, 6.45) is 0. The van der Waals surface area contributed by atoms with Gasteiger partial charge in [0.05, 0.1) is 14.1 Å². The Labute approximate surface area is 91.1 Å². The molecule has 1 rings (SSSR count). The quantitative estimate of drug-likeness (QED) is 0.384. The van der Waals surface area contributed by atoms with Crippen LogP contribution in [0, 0.1) is 0 Å². The van der Waals surface area contributed by atoms with Gasteiger partial charge in [-0.1, -0.05) is 18.2 Å². The third kappa shape index (κ3) is 2.44. The van der Waals surface area contributed by atoms with E-state index >= 15 is 0 Å². The molecule has 1 atom stereocenters. The molecule has 15 heavy (non-hydrogen) atoms. The van der Waals surface area contributed by atoms with Crippen molar-refractivity contribution >= 4 is 29.5 Å². The van der Waals surface area contributed by atoms with Crippen LogP contribution < -0.4 is 9.35 Å². The molecule has 2 N–H and O–H groups in total. The van der Waals surface area contributed by atoms with Crippen molar-refractivity contribution in [2.45, 2.75) is 0 Å². The zero-order valence-electron chi connectivity index (χ0n) is 8.45. The number of benzene rings is 1. The van der Waals surface area contributed by atoms with Crippen LogP contribution in [0.3, 0.4) is 0 Å². The summed E-state index contributed by atoms with van der Waals surface area (Å²) in [5.41, 5.74) is 0.521. The Balaban J connectivity index is 3.30. The second-order valence-corrected chi connectivity index (χ2v) is 4.85. The van der Waals surface area contributed by atoms with Gasteiger partial charge in [0.2, 0.25) is 0 Å². The summed E-state index contributed by atoms with van der Waals surface area (Å²) in [5.74, 6) is 0. The largest absolute Gasteiger partial charge is 0.724 e. The van der Waals surface area contributed by atoms with Gasteiger partial charge in [-0.25, -0.2) is 8.10 Å². The number of nitrogens with zero attached hydrogens (tertiary/aromatic N) is 1. The molecular weight excluding hydrogens is 217 g/mol. The van der Waals surface area contributed by atoms with E-state index in [0.29, 0.717) is 5.69 Å². The van der Waals surface area contributed by atoms with E-state index in [1.54, 1.807) is 18.2 Å². The highest BCUT2D eigenvalue weighted by Crippen LogP contribution is 2.17. The van der Waals surface area contributed by atoms with Crippen LogP contribution in [0.25, 0.3) is 0 Å². The predicted octanol–water partition coefficient (Wildman–Crippen LogP) is -1.27. The smallest absolute Gasteiger partial charge is 0.494 e. The first-order chi connectivity index (χ1) is 6.87. The fourth-order valence-electron chi connectivity index (χ4n) is 1.28. The summed E-state index contributed by atoms with van der Waals surface area (Å²) in [5, 5.41) is 18.2. The topological polar surface area (TPSA) is 80.6 Å². The molecule has 1 aromatic rings. The van der Waals surface area contributed by atoms with Gasteiger partial charge >= 0.3 is 7.12 Å². The van der Waals surface area contributed by atoms with E-state index in [0.717, 1.165) is 0 Å². The van der Waals surface area contributed by atoms with Gasteiger partial charge < -0.3 is 14.6 Å². The number of rotatable bonds is 3. The van der Waals surface area contributed by atoms with E-state index in [4.69, 9.17) is 10.0 Å². The van der Waals surface area contributed by atoms with Crippen LogP contribution >= 0.6 is 0 Å². The fourth-order valence-corrected chi connectivity index (χ4v) is 1.60. The summed E-state index contributed by atoms with van der Waals surface area (Å²) in [4.78, 5) is 0. The zero-order valence-corrected chi connectivity index (χ0v) is 9.27. The minimum Gasteiger partial charge on any atom is -0.724 e. The zero-order chi connectivity index (χ0) is 11.6. The van der Waals surface area contributed by atoms with Gasteiger partial charge in [0.25, 0.3) is 0 Å². The standard InChI is InChI=1S/C8H12BNO4S/c1-10(2,15(13)14)8-6-4-3-5-7(8)9(11)12/h3-6,11-12H,1-2H3. The Bertz CT molecular complexity index is 383. The Kier molecular flexibility index (Phi) is 3.64. The molecule has 5 nitrogen and oxygen atoms in total. The number of para-hydroxylation sites is 1. The van der Waals surface area contributed by atoms with Crippen LogP contribution in [0.5, 0.6) is 0 Å². The van der Waals surface area contributed by atoms with Crippen molar-refractivity contribution in [2.24, 2.45) is 0 Å². The summed E-state index contributed by atoms with van der Waals surface area (Å²) >= 11 is -2.39. The normalized spacial score (nSPS) is 13.7. The molecule has 82 valence electrons. The van der Waals surface area contributed by atoms with Crippen molar-refractivity contribution in [2.75, 3.05) is 14.1 Å². The second-order valence-electron chi connectivity index (χ2n) is 3.50. The van der Waals surface area contributed by atoms with E-state index < -0.39 is 22.3 Å². The van der Waals surface area contributed by atoms with Gasteiger partial charge in [0, 0.05) is 5.46 Å². The van der Waals surface area contributed by atoms with Gasteiger partial charge in [-0.15, -0.1) is 0 Å². The molecule has 7 heteroatoms. The van der Waals surface area contributed by atoms with Crippen molar-refractivity contribution in [1.29, 1.82) is 0 Å². The molecule has 0 saturated heterocycles. The molecule has 1 unspecified atom stereocenters. The van der Waals surface area contributed by atoms with Gasteiger partial charge in [-0.3, -0.25) is 0 Å². The minimum absolute atomic E-state index is 0.187.